The lowest BCUT2D eigenvalue weighted by molar-refractivity contribution is -0.164. The highest BCUT2D eigenvalue weighted by atomic mass is 32.1. The number of thiazole rings is 1. The summed E-state index contributed by atoms with van der Waals surface area (Å²) in [6.45, 7) is 8.11. The van der Waals surface area contributed by atoms with Crippen LogP contribution in [0.3, 0.4) is 0 Å². The summed E-state index contributed by atoms with van der Waals surface area (Å²) in [4.78, 5) is 32.5. The van der Waals surface area contributed by atoms with Crippen LogP contribution in [-0.2, 0) is 16.1 Å². The number of aromatic nitrogens is 1. The third kappa shape index (κ3) is 2.46. The van der Waals surface area contributed by atoms with Gasteiger partial charge >= 0.3 is 0 Å². The van der Waals surface area contributed by atoms with E-state index in [1.54, 1.807) is 16.6 Å². The van der Waals surface area contributed by atoms with Crippen LogP contribution >= 0.6 is 11.3 Å². The number of nitrogens with zero attached hydrogens (tertiary/aromatic N) is 2. The van der Waals surface area contributed by atoms with E-state index in [0.29, 0.717) is 25.8 Å². The lowest BCUT2D eigenvalue weighted by atomic mass is 9.81. The Morgan fingerprint density at radius 2 is 1.90 bits per heavy atom. The van der Waals surface area contributed by atoms with Gasteiger partial charge in [0.15, 0.2) is 0 Å². The Kier molecular flexibility index (Phi) is 4.37. The highest BCUT2D eigenvalue weighted by Gasteiger charge is 2.54. The molecule has 6 heteroatoms. The van der Waals surface area contributed by atoms with Crippen LogP contribution < -0.4 is 5.32 Å². The van der Waals surface area contributed by atoms with Gasteiger partial charge in [-0.25, -0.2) is 0 Å². The van der Waals surface area contributed by atoms with Crippen LogP contribution in [0.5, 0.6) is 0 Å². The predicted molar refractivity (Wildman–Crippen MR) is 82.8 cm³/mol. The Bertz CT molecular complexity index is 525. The first-order valence-corrected chi connectivity index (χ1v) is 8.33. The largest absolute Gasteiger partial charge is 0.340 e. The molecule has 0 bridgehead atoms. The zero-order valence-electron chi connectivity index (χ0n) is 13.1. The van der Waals surface area contributed by atoms with E-state index in [1.165, 1.54) is 11.3 Å². The number of carbonyl (C=O) groups is 2. The van der Waals surface area contributed by atoms with Crippen molar-refractivity contribution in [2.45, 2.75) is 64.6 Å². The maximum atomic E-state index is 13.0. The third-order valence-corrected chi connectivity index (χ3v) is 5.48. The summed E-state index contributed by atoms with van der Waals surface area (Å²) in [5.41, 5.74) is 0.188. The van der Waals surface area contributed by atoms with Crippen molar-refractivity contribution < 1.29 is 9.59 Å². The average Bonchev–Trinajstić information content (AvgIpc) is 2.99. The molecule has 1 aromatic heterocycles. The van der Waals surface area contributed by atoms with Gasteiger partial charge in [-0.05, 0) is 26.2 Å². The molecular weight excluding hydrogens is 286 g/mol. The molecule has 0 saturated carbocycles. The van der Waals surface area contributed by atoms with Crippen molar-refractivity contribution in [3.63, 3.8) is 0 Å². The zero-order valence-corrected chi connectivity index (χ0v) is 13.9. The van der Waals surface area contributed by atoms with Crippen LogP contribution in [0.2, 0.25) is 0 Å². The van der Waals surface area contributed by atoms with Gasteiger partial charge in [0, 0.05) is 11.1 Å². The van der Waals surface area contributed by atoms with E-state index in [0.717, 1.165) is 4.88 Å². The minimum atomic E-state index is -0.810. The first-order chi connectivity index (χ1) is 9.93. The summed E-state index contributed by atoms with van der Waals surface area (Å²) in [7, 11) is 0. The quantitative estimate of drug-likeness (QED) is 0.908. The molecule has 1 aliphatic heterocycles. The molecule has 1 aliphatic rings. The van der Waals surface area contributed by atoms with Gasteiger partial charge in [0.2, 0.25) is 11.8 Å². The molecule has 21 heavy (non-hydrogen) atoms. The highest BCUT2D eigenvalue weighted by Crippen LogP contribution is 2.35. The van der Waals surface area contributed by atoms with Crippen molar-refractivity contribution in [3.8, 4) is 0 Å². The lowest BCUT2D eigenvalue weighted by Crippen LogP contribution is -2.74. The van der Waals surface area contributed by atoms with Crippen LogP contribution in [0.25, 0.3) is 0 Å². The van der Waals surface area contributed by atoms with Crippen molar-refractivity contribution in [1.29, 1.82) is 0 Å². The molecule has 1 fully saturated rings. The second-order valence-electron chi connectivity index (χ2n) is 5.74. The molecule has 1 saturated heterocycles. The van der Waals surface area contributed by atoms with Gasteiger partial charge in [-0.15, -0.1) is 11.3 Å². The molecule has 116 valence electrons. The topological polar surface area (TPSA) is 62.3 Å². The summed E-state index contributed by atoms with van der Waals surface area (Å²) in [5.74, 6) is -0.0392. The molecule has 1 N–H and O–H groups in total. The van der Waals surface area contributed by atoms with Gasteiger partial charge in [-0.3, -0.25) is 14.6 Å². The van der Waals surface area contributed by atoms with Crippen molar-refractivity contribution in [2.24, 2.45) is 0 Å². The number of hydrogen-bond donors (Lipinski definition) is 1. The fourth-order valence-electron chi connectivity index (χ4n) is 2.93. The summed E-state index contributed by atoms with van der Waals surface area (Å²) in [6.07, 6.45) is 3.57. The summed E-state index contributed by atoms with van der Waals surface area (Å²) in [6, 6.07) is 0. The molecule has 0 spiro atoms. The Labute approximate surface area is 129 Å². The molecule has 2 heterocycles. The second-order valence-corrected chi connectivity index (χ2v) is 6.71. The number of rotatable bonds is 5. The number of piperazine rings is 1. The highest BCUT2D eigenvalue weighted by molar-refractivity contribution is 7.09. The van der Waals surface area contributed by atoms with Crippen LogP contribution in [-0.4, -0.2) is 32.8 Å². The van der Waals surface area contributed by atoms with E-state index in [9.17, 15) is 9.59 Å². The fourth-order valence-corrected chi connectivity index (χ4v) is 3.51. The first-order valence-electron chi connectivity index (χ1n) is 7.45. The molecule has 1 aromatic rings. The summed E-state index contributed by atoms with van der Waals surface area (Å²) in [5, 5.41) is 2.95. The number of nitrogens with one attached hydrogen (secondary N) is 1. The number of amides is 2. The van der Waals surface area contributed by atoms with Crippen molar-refractivity contribution in [1.82, 2.24) is 15.2 Å². The Hall–Kier alpha value is -1.43. The normalized spacial score (nSPS) is 25.0. The zero-order chi connectivity index (χ0) is 15.7. The van der Waals surface area contributed by atoms with Crippen LogP contribution in [0, 0.1) is 0 Å². The monoisotopic (exact) mass is 309 g/mol. The van der Waals surface area contributed by atoms with E-state index in [-0.39, 0.29) is 11.8 Å². The van der Waals surface area contributed by atoms with Gasteiger partial charge in [0.1, 0.15) is 11.1 Å². The maximum Gasteiger partial charge on any atom is 0.249 e. The van der Waals surface area contributed by atoms with Gasteiger partial charge in [0.25, 0.3) is 0 Å². The minimum Gasteiger partial charge on any atom is -0.340 e. The Balaban J connectivity index is 2.44. The van der Waals surface area contributed by atoms with Crippen LogP contribution in [0.4, 0.5) is 0 Å². The van der Waals surface area contributed by atoms with Crippen LogP contribution in [0.1, 0.15) is 51.8 Å². The SMILES string of the molecule is CCC1(C)NC(=O)C(CC)(CC)N(Cc2cncs2)C1=O. The first kappa shape index (κ1) is 15.9. The third-order valence-electron chi connectivity index (χ3n) is 4.72. The van der Waals surface area contributed by atoms with Gasteiger partial charge in [-0.1, -0.05) is 20.8 Å². The van der Waals surface area contributed by atoms with Crippen molar-refractivity contribution in [3.05, 3.63) is 16.6 Å². The summed E-state index contributed by atoms with van der Waals surface area (Å²) >= 11 is 1.51. The van der Waals surface area contributed by atoms with E-state index in [4.69, 9.17) is 0 Å². The van der Waals surface area contributed by atoms with Gasteiger partial charge in [-0.2, -0.15) is 0 Å². The van der Waals surface area contributed by atoms with Crippen molar-refractivity contribution in [2.75, 3.05) is 0 Å². The predicted octanol–water partition coefficient (Wildman–Crippen LogP) is 2.33. The van der Waals surface area contributed by atoms with Crippen LogP contribution in [0.15, 0.2) is 11.7 Å². The smallest absolute Gasteiger partial charge is 0.249 e. The molecular formula is C15H23N3O2S. The molecule has 1 unspecified atom stereocenters. The number of carbonyl (C=O) groups excluding carboxylic acids is 2. The molecule has 0 radical (unpaired) electrons. The molecule has 2 amide bonds. The van der Waals surface area contributed by atoms with E-state index < -0.39 is 11.1 Å². The molecule has 0 aromatic carbocycles. The minimum absolute atomic E-state index is 0.00157. The molecule has 5 nitrogen and oxygen atoms in total. The fraction of sp³-hybridized carbons (Fsp3) is 0.667. The number of hydrogen-bond acceptors (Lipinski definition) is 4. The van der Waals surface area contributed by atoms with E-state index in [1.807, 2.05) is 27.7 Å². The van der Waals surface area contributed by atoms with Gasteiger partial charge < -0.3 is 10.2 Å². The lowest BCUT2D eigenvalue weighted by Gasteiger charge is -2.51. The average molecular weight is 309 g/mol. The Morgan fingerprint density at radius 3 is 2.38 bits per heavy atom. The maximum absolute atomic E-state index is 13.0. The summed E-state index contributed by atoms with van der Waals surface area (Å²) < 4.78 is 0. The standard InChI is InChI=1S/C15H23N3O2S/c1-5-14(4)13(20)18(9-11-8-16-10-21-11)15(6-2,7-3)12(19)17-14/h8,10H,5-7,9H2,1-4H3,(H,17,19). The van der Waals surface area contributed by atoms with E-state index >= 15 is 0 Å². The van der Waals surface area contributed by atoms with E-state index in [2.05, 4.69) is 10.3 Å². The van der Waals surface area contributed by atoms with Crippen molar-refractivity contribution >= 4 is 23.2 Å². The second kappa shape index (κ2) is 5.75. The molecule has 2 rings (SSSR count). The Morgan fingerprint density at radius 1 is 1.24 bits per heavy atom. The molecule has 1 atom stereocenters. The molecule has 0 aliphatic carbocycles. The van der Waals surface area contributed by atoms with Gasteiger partial charge in [0.05, 0.1) is 12.1 Å².